The van der Waals surface area contributed by atoms with E-state index in [2.05, 4.69) is 15.3 Å². The lowest BCUT2D eigenvalue weighted by atomic mass is 9.79. The summed E-state index contributed by atoms with van der Waals surface area (Å²) in [5.74, 6) is 0.549. The lowest BCUT2D eigenvalue weighted by molar-refractivity contribution is -0.184. The maximum absolute atomic E-state index is 12.9. The molecule has 1 aromatic carbocycles. The Morgan fingerprint density at radius 2 is 2.07 bits per heavy atom. The van der Waals surface area contributed by atoms with Gasteiger partial charge in [-0.2, -0.15) is 5.26 Å². The Balaban J connectivity index is 1.35. The maximum Gasteiger partial charge on any atom is 0.249 e. The molecule has 7 nitrogen and oxygen atoms in total. The van der Waals surface area contributed by atoms with Gasteiger partial charge in [0.05, 0.1) is 12.6 Å². The van der Waals surface area contributed by atoms with Crippen molar-refractivity contribution >= 4 is 23.3 Å². The van der Waals surface area contributed by atoms with Gasteiger partial charge in [-0.15, -0.1) is 0 Å². The molecular weight excluding hydrogens is 366 g/mol. The number of rotatable bonds is 4. The van der Waals surface area contributed by atoms with Gasteiger partial charge in [-0.05, 0) is 30.5 Å². The molecule has 4 rings (SSSR count). The minimum Gasteiger partial charge on any atom is -0.367 e. The molecule has 0 unspecified atom stereocenters. The predicted molar refractivity (Wildman–Crippen MR) is 98.5 cm³/mol. The predicted octanol–water partition coefficient (Wildman–Crippen LogP) is 3.10. The molecule has 8 heteroatoms. The first-order chi connectivity index (χ1) is 13.1. The van der Waals surface area contributed by atoms with Crippen LogP contribution in [0.15, 0.2) is 36.7 Å². The molecule has 1 saturated carbocycles. The molecule has 1 aliphatic heterocycles. The van der Waals surface area contributed by atoms with Crippen LogP contribution in [-0.2, 0) is 9.63 Å². The third-order valence-electron chi connectivity index (χ3n) is 5.00. The van der Waals surface area contributed by atoms with Crippen LogP contribution in [0.3, 0.4) is 0 Å². The molecule has 138 valence electrons. The summed E-state index contributed by atoms with van der Waals surface area (Å²) in [7, 11) is 0. The van der Waals surface area contributed by atoms with E-state index in [9.17, 15) is 4.79 Å². The van der Waals surface area contributed by atoms with Gasteiger partial charge in [-0.1, -0.05) is 23.7 Å². The number of nitriles is 1. The van der Waals surface area contributed by atoms with Crippen LogP contribution in [-0.4, -0.2) is 33.6 Å². The van der Waals surface area contributed by atoms with Gasteiger partial charge in [0.15, 0.2) is 0 Å². The highest BCUT2D eigenvalue weighted by Gasteiger charge is 2.41. The molecule has 1 saturated heterocycles. The number of nitrogens with zero attached hydrogens (tertiary/aromatic N) is 4. The monoisotopic (exact) mass is 383 g/mol. The molecule has 0 spiro atoms. The third-order valence-corrected chi connectivity index (χ3v) is 5.25. The van der Waals surface area contributed by atoms with Crippen LogP contribution in [0.25, 0.3) is 0 Å². The zero-order valence-corrected chi connectivity index (χ0v) is 15.3. The minimum absolute atomic E-state index is 0.0194. The van der Waals surface area contributed by atoms with E-state index in [0.29, 0.717) is 36.0 Å². The van der Waals surface area contributed by atoms with Crippen molar-refractivity contribution < 1.29 is 9.63 Å². The highest BCUT2D eigenvalue weighted by atomic mass is 35.5. The van der Waals surface area contributed by atoms with Gasteiger partial charge in [0.2, 0.25) is 5.91 Å². The number of amides is 1. The maximum atomic E-state index is 12.9. The van der Waals surface area contributed by atoms with Crippen LogP contribution in [0.5, 0.6) is 0 Å². The average Bonchev–Trinajstić information content (AvgIpc) is 3.14. The number of hydrogen-bond donors (Lipinski definition) is 1. The quantitative estimate of drug-likeness (QED) is 0.872. The first-order valence-corrected chi connectivity index (χ1v) is 9.22. The fraction of sp³-hybridized carbons (Fsp3) is 0.368. The van der Waals surface area contributed by atoms with Crippen LogP contribution in [0.2, 0.25) is 5.02 Å². The zero-order valence-electron chi connectivity index (χ0n) is 14.5. The first-order valence-electron chi connectivity index (χ1n) is 8.84. The van der Waals surface area contributed by atoms with Crippen molar-refractivity contribution in [1.29, 1.82) is 5.26 Å². The van der Waals surface area contributed by atoms with Gasteiger partial charge in [0.25, 0.3) is 0 Å². The van der Waals surface area contributed by atoms with E-state index in [1.807, 2.05) is 30.3 Å². The fourth-order valence-corrected chi connectivity index (χ4v) is 3.62. The zero-order chi connectivity index (χ0) is 18.8. The summed E-state index contributed by atoms with van der Waals surface area (Å²) >= 11 is 5.96. The van der Waals surface area contributed by atoms with Gasteiger partial charge in [0, 0.05) is 29.5 Å². The van der Waals surface area contributed by atoms with Gasteiger partial charge in [-0.3, -0.25) is 9.63 Å². The molecule has 1 N–H and O–H groups in total. The summed E-state index contributed by atoms with van der Waals surface area (Å²) in [6.45, 7) is 0.533. The standard InChI is InChI=1S/C19H18ClN5O2/c20-14-3-1-12(2-4-14)17-5-6-27-25(17)19(26)13-7-15(8-13)24-18-9-16(10-21)22-11-23-18/h1-4,9,11,13,15,17H,5-8H2,(H,22,23,24)/t13?,15?,17-/m0/s1. The second kappa shape index (κ2) is 7.51. The molecule has 2 fully saturated rings. The van der Waals surface area contributed by atoms with Crippen LogP contribution >= 0.6 is 11.6 Å². The smallest absolute Gasteiger partial charge is 0.249 e. The van der Waals surface area contributed by atoms with Gasteiger partial charge < -0.3 is 5.32 Å². The fourth-order valence-electron chi connectivity index (χ4n) is 3.50. The normalized spacial score (nSPS) is 24.1. The molecule has 27 heavy (non-hydrogen) atoms. The summed E-state index contributed by atoms with van der Waals surface area (Å²) in [5, 5.41) is 14.4. The highest BCUT2D eigenvalue weighted by molar-refractivity contribution is 6.30. The Morgan fingerprint density at radius 1 is 1.30 bits per heavy atom. The highest BCUT2D eigenvalue weighted by Crippen LogP contribution is 2.37. The molecular formula is C19H18ClN5O2. The average molecular weight is 384 g/mol. The van der Waals surface area contributed by atoms with Gasteiger partial charge in [-0.25, -0.2) is 15.0 Å². The Labute approximate surface area is 161 Å². The molecule has 2 heterocycles. The van der Waals surface area contributed by atoms with E-state index in [0.717, 1.165) is 12.0 Å². The van der Waals surface area contributed by atoms with Crippen molar-refractivity contribution in [3.8, 4) is 6.07 Å². The molecule has 1 atom stereocenters. The van der Waals surface area contributed by atoms with E-state index >= 15 is 0 Å². The lowest BCUT2D eigenvalue weighted by Crippen LogP contribution is -2.45. The molecule has 0 bridgehead atoms. The van der Waals surface area contributed by atoms with Crippen molar-refractivity contribution in [3.05, 3.63) is 52.9 Å². The largest absolute Gasteiger partial charge is 0.367 e. The van der Waals surface area contributed by atoms with E-state index in [1.165, 1.54) is 11.4 Å². The third kappa shape index (κ3) is 3.72. The van der Waals surface area contributed by atoms with Gasteiger partial charge >= 0.3 is 0 Å². The van der Waals surface area contributed by atoms with Gasteiger partial charge in [0.1, 0.15) is 23.9 Å². The van der Waals surface area contributed by atoms with Crippen molar-refractivity contribution in [2.45, 2.75) is 31.3 Å². The Hall–Kier alpha value is -2.69. The van der Waals surface area contributed by atoms with Crippen LogP contribution in [0, 0.1) is 17.2 Å². The summed E-state index contributed by atoms with van der Waals surface area (Å²) in [6, 6.07) is 11.2. The number of hydrogen-bond acceptors (Lipinski definition) is 6. The van der Waals surface area contributed by atoms with E-state index < -0.39 is 0 Å². The Morgan fingerprint density at radius 3 is 2.81 bits per heavy atom. The number of carbonyl (C=O) groups is 1. The summed E-state index contributed by atoms with van der Waals surface area (Å²) in [4.78, 5) is 26.4. The number of aromatic nitrogens is 2. The van der Waals surface area contributed by atoms with Crippen molar-refractivity contribution in [2.24, 2.45) is 5.92 Å². The Kier molecular flexibility index (Phi) is 4.92. The molecule has 1 amide bonds. The summed E-state index contributed by atoms with van der Waals surface area (Å²) in [6.07, 6.45) is 3.55. The van der Waals surface area contributed by atoms with E-state index in [1.54, 1.807) is 6.07 Å². The Bertz CT molecular complexity index is 876. The molecule has 2 aliphatic rings. The molecule has 1 aromatic heterocycles. The molecule has 2 aromatic rings. The number of benzene rings is 1. The number of hydroxylamine groups is 2. The number of carbonyl (C=O) groups excluding carboxylic acids is 1. The molecule has 0 radical (unpaired) electrons. The van der Waals surface area contributed by atoms with Crippen LogP contribution in [0.1, 0.15) is 36.6 Å². The first kappa shape index (κ1) is 17.7. The lowest BCUT2D eigenvalue weighted by Gasteiger charge is -2.37. The summed E-state index contributed by atoms with van der Waals surface area (Å²) < 4.78 is 0. The van der Waals surface area contributed by atoms with E-state index in [4.69, 9.17) is 21.7 Å². The molecule has 1 aliphatic carbocycles. The second-order valence-electron chi connectivity index (χ2n) is 6.76. The van der Waals surface area contributed by atoms with Crippen LogP contribution in [0.4, 0.5) is 5.82 Å². The van der Waals surface area contributed by atoms with Crippen molar-refractivity contribution in [1.82, 2.24) is 15.0 Å². The van der Waals surface area contributed by atoms with E-state index in [-0.39, 0.29) is 23.9 Å². The van der Waals surface area contributed by atoms with Crippen molar-refractivity contribution in [2.75, 3.05) is 11.9 Å². The van der Waals surface area contributed by atoms with Crippen molar-refractivity contribution in [3.63, 3.8) is 0 Å². The summed E-state index contributed by atoms with van der Waals surface area (Å²) in [5.41, 5.74) is 1.35. The SMILES string of the molecule is N#Cc1cc(NC2CC(C(=O)N3OCC[C@H]3c3ccc(Cl)cc3)C2)ncn1. The minimum atomic E-state index is -0.0762. The second-order valence-corrected chi connectivity index (χ2v) is 7.20. The number of nitrogens with one attached hydrogen (secondary N) is 1. The number of halogens is 1. The number of anilines is 1. The van der Waals surface area contributed by atoms with Crippen LogP contribution < -0.4 is 5.32 Å². The topological polar surface area (TPSA) is 91.1 Å².